The van der Waals surface area contributed by atoms with Gasteiger partial charge in [-0.25, -0.2) is 0 Å². The topological polar surface area (TPSA) is 29.1 Å². The monoisotopic (exact) mass is 273 g/mol. The van der Waals surface area contributed by atoms with Crippen molar-refractivity contribution >= 4 is 17.5 Å². The summed E-state index contributed by atoms with van der Waals surface area (Å²) < 4.78 is 0. The molecule has 2 nitrogen and oxygen atoms in total. The van der Waals surface area contributed by atoms with Crippen molar-refractivity contribution < 1.29 is 4.79 Å². The van der Waals surface area contributed by atoms with Gasteiger partial charge in [0.1, 0.15) is 0 Å². The number of carbonyl (C=O) groups excluding carboxylic acids is 1. The van der Waals surface area contributed by atoms with Crippen LogP contribution in [0.2, 0.25) is 0 Å². The van der Waals surface area contributed by atoms with Crippen LogP contribution in [-0.2, 0) is 12.4 Å². The Morgan fingerprint density at radius 1 is 1.05 bits per heavy atom. The molecule has 3 heteroatoms. The molecule has 0 unspecified atom stereocenters. The summed E-state index contributed by atoms with van der Waals surface area (Å²) in [5.74, 6) is 0.468. The first-order valence-electron chi connectivity index (χ1n) is 6.18. The van der Waals surface area contributed by atoms with Gasteiger partial charge < -0.3 is 5.32 Å². The minimum absolute atomic E-state index is 0.0421. The van der Waals surface area contributed by atoms with E-state index in [9.17, 15) is 4.79 Å². The third-order valence-corrected chi connectivity index (χ3v) is 3.33. The third kappa shape index (κ3) is 3.58. The highest BCUT2D eigenvalue weighted by Gasteiger charge is 2.07. The van der Waals surface area contributed by atoms with E-state index in [0.717, 1.165) is 22.3 Å². The molecule has 0 spiro atoms. The van der Waals surface area contributed by atoms with Crippen molar-refractivity contribution in [2.45, 2.75) is 19.3 Å². The Balaban J connectivity index is 1.98. The van der Waals surface area contributed by atoms with Gasteiger partial charge in [-0.2, -0.15) is 0 Å². The summed E-state index contributed by atoms with van der Waals surface area (Å²) in [6.45, 7) is 2.46. The molecule has 0 aliphatic rings. The summed E-state index contributed by atoms with van der Waals surface area (Å²) in [6.07, 6.45) is 0. The highest BCUT2D eigenvalue weighted by Crippen LogP contribution is 2.09. The lowest BCUT2D eigenvalue weighted by Crippen LogP contribution is -2.23. The van der Waals surface area contributed by atoms with Crippen molar-refractivity contribution in [1.82, 2.24) is 5.32 Å². The summed E-state index contributed by atoms with van der Waals surface area (Å²) in [5, 5.41) is 2.92. The van der Waals surface area contributed by atoms with Gasteiger partial charge in [0.05, 0.1) is 0 Å². The molecule has 0 heterocycles. The summed E-state index contributed by atoms with van der Waals surface area (Å²) in [6, 6.07) is 15.5. The molecule has 0 saturated carbocycles. The fourth-order valence-corrected chi connectivity index (χ4v) is 2.03. The lowest BCUT2D eigenvalue weighted by Gasteiger charge is -2.08. The van der Waals surface area contributed by atoms with Crippen molar-refractivity contribution in [1.29, 1.82) is 0 Å². The summed E-state index contributed by atoms with van der Waals surface area (Å²) in [4.78, 5) is 12.0. The standard InChI is InChI=1S/C16H16ClNO/c1-12-4-2-3-5-15(12)16(19)18-11-14-8-6-13(10-17)7-9-14/h2-9H,10-11H2,1H3,(H,18,19). The van der Waals surface area contributed by atoms with Crippen LogP contribution >= 0.6 is 11.6 Å². The van der Waals surface area contributed by atoms with Gasteiger partial charge >= 0.3 is 0 Å². The molecule has 1 N–H and O–H groups in total. The fourth-order valence-electron chi connectivity index (χ4n) is 1.85. The van der Waals surface area contributed by atoms with E-state index in [1.165, 1.54) is 0 Å². The number of amides is 1. The number of benzene rings is 2. The highest BCUT2D eigenvalue weighted by molar-refractivity contribution is 6.17. The van der Waals surface area contributed by atoms with Gasteiger partial charge in [-0.15, -0.1) is 11.6 Å². The van der Waals surface area contributed by atoms with Gasteiger partial charge in [0.15, 0.2) is 0 Å². The second-order valence-corrected chi connectivity index (χ2v) is 4.71. The maximum Gasteiger partial charge on any atom is 0.251 e. The Morgan fingerprint density at radius 2 is 1.68 bits per heavy atom. The molecule has 0 bridgehead atoms. The van der Waals surface area contributed by atoms with Gasteiger partial charge in [-0.1, -0.05) is 42.5 Å². The predicted molar refractivity (Wildman–Crippen MR) is 78.3 cm³/mol. The molecule has 2 rings (SSSR count). The average Bonchev–Trinajstić information content (AvgIpc) is 2.46. The molecule has 0 atom stereocenters. The van der Waals surface area contributed by atoms with Crippen LogP contribution in [0.15, 0.2) is 48.5 Å². The van der Waals surface area contributed by atoms with Gasteiger partial charge in [0, 0.05) is 18.0 Å². The van der Waals surface area contributed by atoms with E-state index in [-0.39, 0.29) is 5.91 Å². The maximum absolute atomic E-state index is 12.0. The van der Waals surface area contributed by atoms with Crippen LogP contribution in [0.3, 0.4) is 0 Å². The van der Waals surface area contributed by atoms with Crippen LogP contribution in [0, 0.1) is 6.92 Å². The zero-order valence-corrected chi connectivity index (χ0v) is 11.6. The van der Waals surface area contributed by atoms with E-state index < -0.39 is 0 Å². The normalized spacial score (nSPS) is 10.2. The third-order valence-electron chi connectivity index (χ3n) is 3.02. The van der Waals surface area contributed by atoms with E-state index in [4.69, 9.17) is 11.6 Å². The average molecular weight is 274 g/mol. The first kappa shape index (κ1) is 13.6. The molecule has 0 aliphatic carbocycles. The first-order valence-corrected chi connectivity index (χ1v) is 6.72. The fraction of sp³-hybridized carbons (Fsp3) is 0.188. The number of hydrogen-bond donors (Lipinski definition) is 1. The minimum Gasteiger partial charge on any atom is -0.348 e. The Morgan fingerprint density at radius 3 is 2.32 bits per heavy atom. The molecule has 0 radical (unpaired) electrons. The Labute approximate surface area is 118 Å². The van der Waals surface area contributed by atoms with Crippen LogP contribution in [0.5, 0.6) is 0 Å². The molecule has 2 aromatic carbocycles. The largest absolute Gasteiger partial charge is 0.348 e. The number of nitrogens with one attached hydrogen (secondary N) is 1. The van der Waals surface area contributed by atoms with Gasteiger partial charge in [0.25, 0.3) is 5.91 Å². The molecule has 98 valence electrons. The molecule has 1 amide bonds. The summed E-state index contributed by atoms with van der Waals surface area (Å²) >= 11 is 5.73. The zero-order chi connectivity index (χ0) is 13.7. The maximum atomic E-state index is 12.0. The van der Waals surface area contributed by atoms with Crippen LogP contribution in [0.25, 0.3) is 0 Å². The first-order chi connectivity index (χ1) is 9.20. The van der Waals surface area contributed by atoms with Crippen molar-refractivity contribution in [3.63, 3.8) is 0 Å². The number of aryl methyl sites for hydroxylation is 1. The second-order valence-electron chi connectivity index (χ2n) is 4.45. The molecular formula is C16H16ClNO. The Bertz CT molecular complexity index is 563. The molecule has 0 aromatic heterocycles. The van der Waals surface area contributed by atoms with Crippen molar-refractivity contribution in [2.75, 3.05) is 0 Å². The minimum atomic E-state index is -0.0421. The summed E-state index contributed by atoms with van der Waals surface area (Å²) in [7, 11) is 0. The number of halogens is 1. The van der Waals surface area contributed by atoms with E-state index in [2.05, 4.69) is 5.32 Å². The van der Waals surface area contributed by atoms with Crippen molar-refractivity contribution in [3.05, 3.63) is 70.8 Å². The molecular weight excluding hydrogens is 258 g/mol. The van der Waals surface area contributed by atoms with E-state index >= 15 is 0 Å². The predicted octanol–water partition coefficient (Wildman–Crippen LogP) is 3.66. The number of rotatable bonds is 4. The van der Waals surface area contributed by atoms with Crippen LogP contribution in [0.4, 0.5) is 0 Å². The Hall–Kier alpha value is -1.80. The summed E-state index contributed by atoms with van der Waals surface area (Å²) in [5.41, 5.74) is 3.85. The molecule has 0 aliphatic heterocycles. The number of carbonyl (C=O) groups is 1. The van der Waals surface area contributed by atoms with Crippen LogP contribution in [0.1, 0.15) is 27.0 Å². The molecule has 0 fully saturated rings. The molecule has 19 heavy (non-hydrogen) atoms. The van der Waals surface area contributed by atoms with Crippen molar-refractivity contribution in [2.24, 2.45) is 0 Å². The lowest BCUT2D eigenvalue weighted by molar-refractivity contribution is 0.0950. The van der Waals surface area contributed by atoms with E-state index in [1.807, 2.05) is 55.5 Å². The Kier molecular flexibility index (Phi) is 4.58. The van der Waals surface area contributed by atoms with Gasteiger partial charge in [-0.05, 0) is 29.7 Å². The lowest BCUT2D eigenvalue weighted by atomic mass is 10.1. The van der Waals surface area contributed by atoms with Crippen LogP contribution < -0.4 is 5.32 Å². The second kappa shape index (κ2) is 6.39. The molecule has 0 saturated heterocycles. The quantitative estimate of drug-likeness (QED) is 0.846. The van der Waals surface area contributed by atoms with Crippen molar-refractivity contribution in [3.8, 4) is 0 Å². The SMILES string of the molecule is Cc1ccccc1C(=O)NCc1ccc(CCl)cc1. The number of alkyl halides is 1. The number of hydrogen-bond acceptors (Lipinski definition) is 1. The van der Waals surface area contributed by atoms with Gasteiger partial charge in [-0.3, -0.25) is 4.79 Å². The molecule has 2 aromatic rings. The zero-order valence-electron chi connectivity index (χ0n) is 10.8. The van der Waals surface area contributed by atoms with E-state index in [1.54, 1.807) is 0 Å². The smallest absolute Gasteiger partial charge is 0.251 e. The van der Waals surface area contributed by atoms with Gasteiger partial charge in [0.2, 0.25) is 0 Å². The highest BCUT2D eigenvalue weighted by atomic mass is 35.5. The van der Waals surface area contributed by atoms with E-state index in [0.29, 0.717) is 12.4 Å². The van der Waals surface area contributed by atoms with Crippen LogP contribution in [-0.4, -0.2) is 5.91 Å².